The van der Waals surface area contributed by atoms with Gasteiger partial charge in [0.2, 0.25) is 0 Å². The second-order valence-corrected chi connectivity index (χ2v) is 7.83. The number of nitrogens with zero attached hydrogens (tertiary/aromatic N) is 2. The van der Waals surface area contributed by atoms with E-state index in [2.05, 4.69) is 43.1 Å². The van der Waals surface area contributed by atoms with Crippen molar-refractivity contribution in [2.45, 2.75) is 58.4 Å². The Morgan fingerprint density at radius 1 is 1.24 bits per heavy atom. The summed E-state index contributed by atoms with van der Waals surface area (Å²) in [6, 6.07) is 0.800. The molecule has 1 N–H and O–H groups in total. The van der Waals surface area contributed by atoms with Crippen molar-refractivity contribution in [1.29, 1.82) is 0 Å². The summed E-state index contributed by atoms with van der Waals surface area (Å²) in [5, 5.41) is 3.47. The highest BCUT2D eigenvalue weighted by Gasteiger charge is 2.35. The molecule has 1 unspecified atom stereocenters. The van der Waals surface area contributed by atoms with E-state index in [4.69, 9.17) is 0 Å². The molecule has 2 rings (SSSR count). The smallest absolute Gasteiger partial charge is 0.0223 e. The number of hydrogen-bond acceptors (Lipinski definition) is 3. The van der Waals surface area contributed by atoms with E-state index in [0.717, 1.165) is 12.0 Å². The SMILES string of the molecule is CCN1CCCC1CN(C)CC1(CNC)CCC(C)CC1. The van der Waals surface area contributed by atoms with Gasteiger partial charge in [-0.25, -0.2) is 0 Å². The van der Waals surface area contributed by atoms with Crippen molar-refractivity contribution in [3.63, 3.8) is 0 Å². The zero-order chi connectivity index (χ0) is 15.3. The zero-order valence-electron chi connectivity index (χ0n) is 14.8. The molecule has 0 amide bonds. The number of likely N-dealkylation sites (tertiary alicyclic amines) is 1. The third-order valence-electron chi connectivity index (χ3n) is 5.92. The molecule has 124 valence electrons. The summed E-state index contributed by atoms with van der Waals surface area (Å²) in [5.41, 5.74) is 0.520. The van der Waals surface area contributed by atoms with Crippen LogP contribution >= 0.6 is 0 Å². The van der Waals surface area contributed by atoms with Gasteiger partial charge < -0.3 is 10.2 Å². The predicted molar refractivity (Wildman–Crippen MR) is 91.8 cm³/mol. The average molecular weight is 296 g/mol. The van der Waals surface area contributed by atoms with Crippen LogP contribution in [0.1, 0.15) is 52.4 Å². The first-order valence-corrected chi connectivity index (χ1v) is 9.16. The molecule has 0 radical (unpaired) electrons. The van der Waals surface area contributed by atoms with Gasteiger partial charge in [-0.1, -0.05) is 26.7 Å². The van der Waals surface area contributed by atoms with Crippen LogP contribution in [0.15, 0.2) is 0 Å². The highest BCUT2D eigenvalue weighted by molar-refractivity contribution is 4.90. The van der Waals surface area contributed by atoms with Crippen LogP contribution in [-0.4, -0.2) is 62.7 Å². The van der Waals surface area contributed by atoms with Gasteiger partial charge >= 0.3 is 0 Å². The van der Waals surface area contributed by atoms with E-state index in [1.165, 1.54) is 71.2 Å². The summed E-state index contributed by atoms with van der Waals surface area (Å²) in [6.45, 7) is 11.0. The van der Waals surface area contributed by atoms with Crippen LogP contribution in [0, 0.1) is 11.3 Å². The summed E-state index contributed by atoms with van der Waals surface area (Å²) in [6.07, 6.45) is 8.43. The molecule has 0 bridgehead atoms. The Morgan fingerprint density at radius 2 is 1.95 bits per heavy atom. The summed E-state index contributed by atoms with van der Waals surface area (Å²) in [7, 11) is 4.47. The second-order valence-electron chi connectivity index (χ2n) is 7.83. The van der Waals surface area contributed by atoms with E-state index in [0.29, 0.717) is 5.41 Å². The molecule has 2 aliphatic rings. The average Bonchev–Trinajstić information content (AvgIpc) is 2.89. The highest BCUT2D eigenvalue weighted by atomic mass is 15.2. The molecule has 2 fully saturated rings. The van der Waals surface area contributed by atoms with E-state index >= 15 is 0 Å². The van der Waals surface area contributed by atoms with Crippen LogP contribution in [0.25, 0.3) is 0 Å². The van der Waals surface area contributed by atoms with Crippen molar-refractivity contribution in [3.05, 3.63) is 0 Å². The molecule has 3 heteroatoms. The van der Waals surface area contributed by atoms with Gasteiger partial charge in [-0.05, 0) is 64.2 Å². The van der Waals surface area contributed by atoms with Crippen molar-refractivity contribution in [2.24, 2.45) is 11.3 Å². The number of hydrogen-bond donors (Lipinski definition) is 1. The largest absolute Gasteiger partial charge is 0.319 e. The Hall–Kier alpha value is -0.120. The van der Waals surface area contributed by atoms with Gasteiger partial charge in [0.15, 0.2) is 0 Å². The standard InChI is InChI=1S/C18H37N3/c1-5-21-12-6-7-17(21)13-20(4)15-18(14-19-3)10-8-16(2)9-11-18/h16-17,19H,5-15H2,1-4H3. The van der Waals surface area contributed by atoms with E-state index in [9.17, 15) is 0 Å². The van der Waals surface area contributed by atoms with Gasteiger partial charge in [-0.2, -0.15) is 0 Å². The fourth-order valence-corrected chi connectivity index (χ4v) is 4.66. The minimum atomic E-state index is 0.520. The first kappa shape index (κ1) is 17.2. The van der Waals surface area contributed by atoms with E-state index in [-0.39, 0.29) is 0 Å². The highest BCUT2D eigenvalue weighted by Crippen LogP contribution is 2.39. The van der Waals surface area contributed by atoms with E-state index in [1.807, 2.05) is 0 Å². The normalized spacial score (nSPS) is 34.7. The molecule has 1 aliphatic heterocycles. The van der Waals surface area contributed by atoms with Crippen LogP contribution in [-0.2, 0) is 0 Å². The first-order chi connectivity index (χ1) is 10.1. The maximum absolute atomic E-state index is 3.47. The third kappa shape index (κ3) is 4.67. The minimum absolute atomic E-state index is 0.520. The van der Waals surface area contributed by atoms with Gasteiger partial charge in [0.25, 0.3) is 0 Å². The van der Waals surface area contributed by atoms with Crippen molar-refractivity contribution in [1.82, 2.24) is 15.1 Å². The lowest BCUT2D eigenvalue weighted by Crippen LogP contribution is -2.47. The molecule has 21 heavy (non-hydrogen) atoms. The van der Waals surface area contributed by atoms with Crippen molar-refractivity contribution in [3.8, 4) is 0 Å². The Morgan fingerprint density at radius 3 is 2.57 bits per heavy atom. The third-order valence-corrected chi connectivity index (χ3v) is 5.92. The molecule has 1 saturated heterocycles. The van der Waals surface area contributed by atoms with Crippen molar-refractivity contribution >= 4 is 0 Å². The number of rotatable bonds is 7. The van der Waals surface area contributed by atoms with E-state index < -0.39 is 0 Å². The summed E-state index contributed by atoms with van der Waals surface area (Å²) in [5.74, 6) is 0.936. The fourth-order valence-electron chi connectivity index (χ4n) is 4.66. The predicted octanol–water partition coefficient (Wildman–Crippen LogP) is 2.82. The van der Waals surface area contributed by atoms with Crippen molar-refractivity contribution in [2.75, 3.05) is 46.8 Å². The van der Waals surface area contributed by atoms with E-state index in [1.54, 1.807) is 0 Å². The van der Waals surface area contributed by atoms with Gasteiger partial charge in [0.1, 0.15) is 0 Å². The van der Waals surface area contributed by atoms with Gasteiger partial charge in [-0.3, -0.25) is 4.90 Å². The van der Waals surface area contributed by atoms with Gasteiger partial charge in [-0.15, -0.1) is 0 Å². The first-order valence-electron chi connectivity index (χ1n) is 9.16. The van der Waals surface area contributed by atoms with Crippen LogP contribution in [0.2, 0.25) is 0 Å². The van der Waals surface area contributed by atoms with Crippen LogP contribution in [0.3, 0.4) is 0 Å². The molecule has 0 aromatic rings. The molecular weight excluding hydrogens is 258 g/mol. The molecule has 3 nitrogen and oxygen atoms in total. The minimum Gasteiger partial charge on any atom is -0.319 e. The van der Waals surface area contributed by atoms with Crippen LogP contribution in [0.5, 0.6) is 0 Å². The molecule has 0 aromatic carbocycles. The Labute approximate surface area is 132 Å². The maximum atomic E-state index is 3.47. The molecule has 0 aromatic heterocycles. The molecule has 1 atom stereocenters. The van der Waals surface area contributed by atoms with Gasteiger partial charge in [0, 0.05) is 25.7 Å². The Bertz CT molecular complexity index is 297. The Kier molecular flexibility index (Phi) is 6.51. The lowest BCUT2D eigenvalue weighted by atomic mass is 9.70. The van der Waals surface area contributed by atoms with Crippen LogP contribution < -0.4 is 5.32 Å². The lowest BCUT2D eigenvalue weighted by molar-refractivity contribution is 0.0870. The van der Waals surface area contributed by atoms with Crippen LogP contribution in [0.4, 0.5) is 0 Å². The summed E-state index contributed by atoms with van der Waals surface area (Å²) in [4.78, 5) is 5.30. The molecule has 0 spiro atoms. The monoisotopic (exact) mass is 295 g/mol. The fraction of sp³-hybridized carbons (Fsp3) is 1.00. The Balaban J connectivity index is 1.87. The summed E-state index contributed by atoms with van der Waals surface area (Å²) >= 11 is 0. The molecule has 1 aliphatic carbocycles. The molecule has 1 heterocycles. The number of likely N-dealkylation sites (N-methyl/N-ethyl adjacent to an activating group) is 2. The number of nitrogens with one attached hydrogen (secondary N) is 1. The molecule has 1 saturated carbocycles. The lowest BCUT2D eigenvalue weighted by Gasteiger charge is -2.43. The maximum Gasteiger partial charge on any atom is 0.0223 e. The zero-order valence-corrected chi connectivity index (χ0v) is 14.8. The molecular formula is C18H37N3. The van der Waals surface area contributed by atoms with Crippen molar-refractivity contribution < 1.29 is 0 Å². The topological polar surface area (TPSA) is 18.5 Å². The second kappa shape index (κ2) is 7.94. The summed E-state index contributed by atoms with van der Waals surface area (Å²) < 4.78 is 0. The van der Waals surface area contributed by atoms with Gasteiger partial charge in [0.05, 0.1) is 0 Å². The quantitative estimate of drug-likeness (QED) is 0.779.